The van der Waals surface area contributed by atoms with Crippen LogP contribution in [0.15, 0.2) is 24.4 Å². The van der Waals surface area contributed by atoms with Gasteiger partial charge in [-0.25, -0.2) is 4.98 Å². The minimum atomic E-state index is 0.769. The molecule has 4 heteroatoms. The van der Waals surface area contributed by atoms with E-state index in [0.29, 0.717) is 0 Å². The Kier molecular flexibility index (Phi) is 3.10. The Morgan fingerprint density at radius 2 is 2.25 bits per heavy atom. The fraction of sp³-hybridized carbons (Fsp3) is 0.250. The van der Waals surface area contributed by atoms with E-state index in [4.69, 9.17) is 10.5 Å². The van der Waals surface area contributed by atoms with Gasteiger partial charge in [0.2, 0.25) is 0 Å². The number of methoxy groups -OCH3 is 1. The molecule has 0 saturated heterocycles. The fourth-order valence-electron chi connectivity index (χ4n) is 1.54. The van der Waals surface area contributed by atoms with E-state index in [0.717, 1.165) is 28.4 Å². The van der Waals surface area contributed by atoms with Crippen LogP contribution in [-0.2, 0) is 6.42 Å². The van der Waals surface area contributed by atoms with Crippen molar-refractivity contribution < 1.29 is 4.74 Å². The Bertz CT molecular complexity index is 494. The molecule has 0 radical (unpaired) electrons. The van der Waals surface area contributed by atoms with Crippen molar-refractivity contribution in [1.82, 2.24) is 4.98 Å². The summed E-state index contributed by atoms with van der Waals surface area (Å²) in [4.78, 5) is 5.46. The molecule has 16 heavy (non-hydrogen) atoms. The predicted octanol–water partition coefficient (Wildman–Crippen LogP) is 2.63. The molecule has 84 valence electrons. The van der Waals surface area contributed by atoms with E-state index < -0.39 is 0 Å². The molecular weight excluding hydrogens is 220 g/mol. The highest BCUT2D eigenvalue weighted by Crippen LogP contribution is 2.24. The number of benzene rings is 1. The highest BCUT2D eigenvalue weighted by molar-refractivity contribution is 7.11. The molecule has 1 heterocycles. The smallest absolute Gasteiger partial charge is 0.120 e. The zero-order valence-corrected chi connectivity index (χ0v) is 10.2. The number of nitrogens with two attached hydrogens (primary N) is 1. The first-order chi connectivity index (χ1) is 7.69. The highest BCUT2D eigenvalue weighted by atomic mass is 32.1. The van der Waals surface area contributed by atoms with E-state index in [1.54, 1.807) is 18.4 Å². The van der Waals surface area contributed by atoms with Gasteiger partial charge in [-0.1, -0.05) is 6.07 Å². The third kappa shape index (κ3) is 2.33. The standard InChI is InChI=1S/C12H14N2OS/c1-8-14-7-11(16-8)5-9-3-4-10(15-2)6-12(9)13/h3-4,6-7H,5,13H2,1-2H3. The van der Waals surface area contributed by atoms with Crippen molar-refractivity contribution in [3.05, 3.63) is 39.8 Å². The van der Waals surface area contributed by atoms with E-state index in [-0.39, 0.29) is 0 Å². The van der Waals surface area contributed by atoms with E-state index in [9.17, 15) is 0 Å². The van der Waals surface area contributed by atoms with Gasteiger partial charge in [0.15, 0.2) is 0 Å². The molecule has 2 aromatic rings. The van der Waals surface area contributed by atoms with Crippen molar-refractivity contribution in [3.8, 4) is 5.75 Å². The van der Waals surface area contributed by atoms with Gasteiger partial charge in [-0.15, -0.1) is 11.3 Å². The van der Waals surface area contributed by atoms with Gasteiger partial charge in [-0.05, 0) is 18.6 Å². The van der Waals surface area contributed by atoms with Crippen LogP contribution in [0.25, 0.3) is 0 Å². The molecule has 0 amide bonds. The molecule has 2 rings (SSSR count). The predicted molar refractivity (Wildman–Crippen MR) is 67.1 cm³/mol. The second-order valence-electron chi connectivity index (χ2n) is 3.59. The number of aryl methyl sites for hydroxylation is 1. The first-order valence-corrected chi connectivity index (χ1v) is 5.84. The number of ether oxygens (including phenoxy) is 1. The summed E-state index contributed by atoms with van der Waals surface area (Å²) in [5, 5.41) is 1.09. The maximum Gasteiger partial charge on any atom is 0.120 e. The van der Waals surface area contributed by atoms with Gasteiger partial charge in [0.25, 0.3) is 0 Å². The Morgan fingerprint density at radius 1 is 1.44 bits per heavy atom. The normalized spacial score (nSPS) is 10.4. The molecule has 0 atom stereocenters. The maximum absolute atomic E-state index is 5.96. The molecule has 0 aliphatic rings. The summed E-state index contributed by atoms with van der Waals surface area (Å²) in [6.45, 7) is 2.01. The summed E-state index contributed by atoms with van der Waals surface area (Å²) in [5.74, 6) is 0.793. The molecule has 0 aliphatic heterocycles. The topological polar surface area (TPSA) is 48.1 Å². The lowest BCUT2D eigenvalue weighted by atomic mass is 10.1. The molecular formula is C12H14N2OS. The van der Waals surface area contributed by atoms with Crippen LogP contribution in [0.1, 0.15) is 15.4 Å². The van der Waals surface area contributed by atoms with Gasteiger partial charge in [0.1, 0.15) is 5.75 Å². The van der Waals surface area contributed by atoms with Gasteiger partial charge in [0.05, 0.1) is 12.1 Å². The van der Waals surface area contributed by atoms with Gasteiger partial charge >= 0.3 is 0 Å². The van der Waals surface area contributed by atoms with E-state index in [2.05, 4.69) is 4.98 Å². The summed E-state index contributed by atoms with van der Waals surface area (Å²) < 4.78 is 5.11. The third-order valence-electron chi connectivity index (χ3n) is 2.39. The largest absolute Gasteiger partial charge is 0.497 e. The lowest BCUT2D eigenvalue weighted by Crippen LogP contribution is -1.95. The lowest BCUT2D eigenvalue weighted by Gasteiger charge is -2.06. The highest BCUT2D eigenvalue weighted by Gasteiger charge is 2.04. The quantitative estimate of drug-likeness (QED) is 0.830. The summed E-state index contributed by atoms with van der Waals surface area (Å²) in [6.07, 6.45) is 2.74. The van der Waals surface area contributed by atoms with E-state index >= 15 is 0 Å². The summed E-state index contributed by atoms with van der Waals surface area (Å²) in [6, 6.07) is 5.78. The SMILES string of the molecule is COc1ccc(Cc2cnc(C)s2)c(N)c1. The Labute approximate surface area is 98.9 Å². The average Bonchev–Trinajstić information content (AvgIpc) is 2.67. The molecule has 0 fully saturated rings. The van der Waals surface area contributed by atoms with Crippen LogP contribution in [0, 0.1) is 6.92 Å². The number of thiazole rings is 1. The van der Waals surface area contributed by atoms with E-state index in [1.165, 1.54) is 4.88 Å². The van der Waals surface area contributed by atoms with Crippen LogP contribution >= 0.6 is 11.3 Å². The number of nitrogen functional groups attached to an aromatic ring is 1. The second-order valence-corrected chi connectivity index (χ2v) is 4.91. The number of hydrogen-bond acceptors (Lipinski definition) is 4. The summed E-state index contributed by atoms with van der Waals surface area (Å²) in [7, 11) is 1.64. The maximum atomic E-state index is 5.96. The summed E-state index contributed by atoms with van der Waals surface area (Å²) >= 11 is 1.70. The number of aromatic nitrogens is 1. The van der Waals surface area contributed by atoms with Gasteiger partial charge in [-0.2, -0.15) is 0 Å². The van der Waals surface area contributed by atoms with E-state index in [1.807, 2.05) is 31.3 Å². The molecule has 2 N–H and O–H groups in total. The molecule has 3 nitrogen and oxygen atoms in total. The van der Waals surface area contributed by atoms with Crippen LogP contribution in [0.2, 0.25) is 0 Å². The average molecular weight is 234 g/mol. The zero-order valence-electron chi connectivity index (χ0n) is 9.36. The molecule has 0 unspecified atom stereocenters. The number of rotatable bonds is 3. The molecule has 0 bridgehead atoms. The molecule has 1 aromatic carbocycles. The fourth-order valence-corrected chi connectivity index (χ4v) is 2.35. The zero-order chi connectivity index (χ0) is 11.5. The van der Waals surface area contributed by atoms with Crippen molar-refractivity contribution in [2.75, 3.05) is 12.8 Å². The Hall–Kier alpha value is -1.55. The third-order valence-corrected chi connectivity index (χ3v) is 3.30. The first-order valence-electron chi connectivity index (χ1n) is 5.02. The second kappa shape index (κ2) is 4.53. The number of hydrogen-bond donors (Lipinski definition) is 1. The van der Waals surface area contributed by atoms with Gasteiger partial charge in [-0.3, -0.25) is 0 Å². The van der Waals surface area contributed by atoms with Crippen molar-refractivity contribution >= 4 is 17.0 Å². The molecule has 0 aliphatic carbocycles. The van der Waals surface area contributed by atoms with Crippen LogP contribution in [0.5, 0.6) is 5.75 Å². The van der Waals surface area contributed by atoms with Gasteiger partial charge in [0, 0.05) is 29.2 Å². The lowest BCUT2D eigenvalue weighted by molar-refractivity contribution is 0.415. The van der Waals surface area contributed by atoms with Crippen molar-refractivity contribution in [1.29, 1.82) is 0 Å². The van der Waals surface area contributed by atoms with Crippen LogP contribution < -0.4 is 10.5 Å². The Morgan fingerprint density at radius 3 is 2.81 bits per heavy atom. The van der Waals surface area contributed by atoms with Crippen LogP contribution in [-0.4, -0.2) is 12.1 Å². The number of anilines is 1. The monoisotopic (exact) mass is 234 g/mol. The minimum absolute atomic E-state index is 0.769. The van der Waals surface area contributed by atoms with Crippen molar-refractivity contribution in [2.24, 2.45) is 0 Å². The van der Waals surface area contributed by atoms with Crippen molar-refractivity contribution in [2.45, 2.75) is 13.3 Å². The minimum Gasteiger partial charge on any atom is -0.497 e. The summed E-state index contributed by atoms with van der Waals surface area (Å²) in [5.41, 5.74) is 7.84. The number of nitrogens with zero attached hydrogens (tertiary/aromatic N) is 1. The molecule has 0 spiro atoms. The van der Waals surface area contributed by atoms with Crippen LogP contribution in [0.4, 0.5) is 5.69 Å². The Balaban J connectivity index is 2.21. The van der Waals surface area contributed by atoms with Crippen LogP contribution in [0.3, 0.4) is 0 Å². The molecule has 1 aromatic heterocycles. The van der Waals surface area contributed by atoms with Crippen molar-refractivity contribution in [3.63, 3.8) is 0 Å². The van der Waals surface area contributed by atoms with Gasteiger partial charge < -0.3 is 10.5 Å². The first kappa shape index (κ1) is 11.0. The molecule has 0 saturated carbocycles.